The third-order valence-electron chi connectivity index (χ3n) is 2.60. The lowest BCUT2D eigenvalue weighted by molar-refractivity contribution is 0.0523. The Kier molecular flexibility index (Phi) is 5.06. The fraction of sp³-hybridized carbons (Fsp3) is 0.286. The maximum Gasteiger partial charge on any atom is 0.358 e. The predicted molar refractivity (Wildman–Crippen MR) is 81.3 cm³/mol. The minimum Gasteiger partial charge on any atom is -0.460 e. The molecule has 0 aliphatic rings. The second kappa shape index (κ2) is 7.00. The zero-order valence-electron chi connectivity index (χ0n) is 11.3. The van der Waals surface area contributed by atoms with E-state index in [2.05, 4.69) is 12.0 Å². The highest BCUT2D eigenvalue weighted by molar-refractivity contribution is 7.99. The van der Waals surface area contributed by atoms with E-state index in [0.29, 0.717) is 18.0 Å². The molecule has 0 spiro atoms. The van der Waals surface area contributed by atoms with Gasteiger partial charge in [0.15, 0.2) is 5.69 Å². The van der Waals surface area contributed by atoms with Crippen molar-refractivity contribution in [3.63, 3.8) is 0 Å². The number of carbonyl (C=O) groups is 1. The number of nitrogens with two attached hydrogens (primary N) is 1. The number of hydrogen-bond acceptors (Lipinski definition) is 5. The first-order chi connectivity index (χ1) is 9.70. The lowest BCUT2D eigenvalue weighted by atomic mass is 10.3. The van der Waals surface area contributed by atoms with Crippen molar-refractivity contribution in [3.8, 4) is 5.69 Å². The molecule has 5 nitrogen and oxygen atoms in total. The van der Waals surface area contributed by atoms with Crippen LogP contribution >= 0.6 is 11.8 Å². The fourth-order valence-electron chi connectivity index (χ4n) is 1.66. The summed E-state index contributed by atoms with van der Waals surface area (Å²) in [6.07, 6.45) is 1.71. The number of hydrogen-bond donors (Lipinski definition) is 1. The molecule has 0 amide bonds. The molecular weight excluding hydrogens is 274 g/mol. The van der Waals surface area contributed by atoms with Crippen molar-refractivity contribution in [1.29, 1.82) is 0 Å². The summed E-state index contributed by atoms with van der Waals surface area (Å²) in [5, 5.41) is 4.20. The van der Waals surface area contributed by atoms with Gasteiger partial charge in [-0.05, 0) is 30.0 Å². The van der Waals surface area contributed by atoms with Crippen LogP contribution in [0.25, 0.3) is 5.69 Å². The van der Waals surface area contributed by atoms with Gasteiger partial charge in [-0.15, -0.1) is 0 Å². The van der Waals surface area contributed by atoms with E-state index < -0.39 is 5.97 Å². The molecule has 1 aromatic carbocycles. The second-order valence-corrected chi connectivity index (χ2v) is 5.47. The third kappa shape index (κ3) is 3.77. The summed E-state index contributed by atoms with van der Waals surface area (Å²) >= 11 is 1.73. The third-order valence-corrected chi connectivity index (χ3v) is 3.46. The Bertz CT molecular complexity index is 583. The van der Waals surface area contributed by atoms with E-state index in [1.165, 1.54) is 0 Å². The summed E-state index contributed by atoms with van der Waals surface area (Å²) in [7, 11) is 0. The topological polar surface area (TPSA) is 70.1 Å². The van der Waals surface area contributed by atoms with Gasteiger partial charge in [0.2, 0.25) is 0 Å². The molecule has 0 bridgehead atoms. The predicted octanol–water partition coefficient (Wildman–Crippen LogP) is 2.36. The molecule has 0 radical (unpaired) electrons. The monoisotopic (exact) mass is 291 g/mol. The quantitative estimate of drug-likeness (QED) is 0.502. The van der Waals surface area contributed by atoms with Crippen LogP contribution in [0.2, 0.25) is 0 Å². The molecule has 0 atom stereocenters. The van der Waals surface area contributed by atoms with Gasteiger partial charge in [-0.25, -0.2) is 9.48 Å². The summed E-state index contributed by atoms with van der Waals surface area (Å²) < 4.78 is 6.75. The Hall–Kier alpha value is -1.95. The van der Waals surface area contributed by atoms with E-state index in [-0.39, 0.29) is 0 Å². The van der Waals surface area contributed by atoms with E-state index in [9.17, 15) is 4.79 Å². The molecule has 2 N–H and O–H groups in total. The second-order valence-electron chi connectivity index (χ2n) is 4.07. The summed E-state index contributed by atoms with van der Waals surface area (Å²) in [6, 6.07) is 8.94. The van der Waals surface area contributed by atoms with Gasteiger partial charge >= 0.3 is 5.97 Å². The molecule has 0 saturated heterocycles. The number of nitrogen functional groups attached to an aromatic ring is 1. The molecule has 0 unspecified atom stereocenters. The summed E-state index contributed by atoms with van der Waals surface area (Å²) in [6.45, 7) is 2.47. The number of aromatic nitrogens is 2. The normalized spacial score (nSPS) is 10.4. The highest BCUT2D eigenvalue weighted by Gasteiger charge is 2.11. The zero-order valence-corrected chi connectivity index (χ0v) is 12.1. The van der Waals surface area contributed by atoms with Gasteiger partial charge < -0.3 is 10.5 Å². The molecule has 20 heavy (non-hydrogen) atoms. The standard InChI is InChI=1S/C14H17N3O2S/c1-2-20-9-8-19-14(18)13-6-7-17(16-13)12-5-3-4-11(15)10-12/h3-7,10H,2,8-9,15H2,1H3. The smallest absolute Gasteiger partial charge is 0.358 e. The van der Waals surface area contributed by atoms with Crippen molar-refractivity contribution in [2.24, 2.45) is 0 Å². The van der Waals surface area contributed by atoms with E-state index in [4.69, 9.17) is 10.5 Å². The first kappa shape index (κ1) is 14.5. The van der Waals surface area contributed by atoms with Crippen LogP contribution in [0, 0.1) is 0 Å². The van der Waals surface area contributed by atoms with Gasteiger partial charge in [-0.2, -0.15) is 16.9 Å². The van der Waals surface area contributed by atoms with Gasteiger partial charge in [0.1, 0.15) is 6.61 Å². The SMILES string of the molecule is CCSCCOC(=O)c1ccn(-c2cccc(N)c2)n1. The highest BCUT2D eigenvalue weighted by atomic mass is 32.2. The maximum absolute atomic E-state index is 11.8. The molecule has 2 rings (SSSR count). The highest BCUT2D eigenvalue weighted by Crippen LogP contribution is 2.12. The van der Waals surface area contributed by atoms with Crippen LogP contribution in [-0.2, 0) is 4.74 Å². The molecule has 6 heteroatoms. The largest absolute Gasteiger partial charge is 0.460 e. The van der Waals surface area contributed by atoms with Crippen LogP contribution in [-0.4, -0.2) is 33.9 Å². The van der Waals surface area contributed by atoms with Crippen molar-refractivity contribution in [1.82, 2.24) is 9.78 Å². The van der Waals surface area contributed by atoms with E-state index >= 15 is 0 Å². The lowest BCUT2D eigenvalue weighted by Gasteiger charge is -2.03. The molecule has 0 saturated carbocycles. The Morgan fingerprint density at radius 2 is 2.30 bits per heavy atom. The van der Waals surface area contributed by atoms with Crippen LogP contribution in [0.15, 0.2) is 36.5 Å². The Labute approximate surface area is 122 Å². The molecule has 1 aromatic heterocycles. The van der Waals surface area contributed by atoms with Crippen LogP contribution in [0.4, 0.5) is 5.69 Å². The molecule has 2 aromatic rings. The summed E-state index contributed by atoms with van der Waals surface area (Å²) in [5.74, 6) is 1.42. The molecule has 106 valence electrons. The number of esters is 1. The van der Waals surface area contributed by atoms with Crippen LogP contribution in [0.3, 0.4) is 0 Å². The van der Waals surface area contributed by atoms with E-state index in [0.717, 1.165) is 17.2 Å². The van der Waals surface area contributed by atoms with E-state index in [1.807, 2.05) is 12.1 Å². The van der Waals surface area contributed by atoms with Crippen LogP contribution in [0.5, 0.6) is 0 Å². The van der Waals surface area contributed by atoms with Gasteiger partial charge in [0.05, 0.1) is 5.69 Å². The van der Waals surface area contributed by atoms with Crippen molar-refractivity contribution in [2.75, 3.05) is 23.8 Å². The lowest BCUT2D eigenvalue weighted by Crippen LogP contribution is -2.09. The summed E-state index contributed by atoms with van der Waals surface area (Å²) in [4.78, 5) is 11.8. The summed E-state index contributed by atoms with van der Waals surface area (Å²) in [5.41, 5.74) is 7.48. The first-order valence-electron chi connectivity index (χ1n) is 6.37. The van der Waals surface area contributed by atoms with Crippen molar-refractivity contribution < 1.29 is 9.53 Å². The molecular formula is C14H17N3O2S. The first-order valence-corrected chi connectivity index (χ1v) is 7.52. The molecule has 0 aliphatic carbocycles. The Morgan fingerprint density at radius 3 is 3.05 bits per heavy atom. The molecule has 0 fully saturated rings. The van der Waals surface area contributed by atoms with Crippen molar-refractivity contribution in [2.45, 2.75) is 6.92 Å². The van der Waals surface area contributed by atoms with Crippen LogP contribution < -0.4 is 5.73 Å². The minimum atomic E-state index is -0.399. The van der Waals surface area contributed by atoms with Gasteiger partial charge in [0, 0.05) is 17.6 Å². The van der Waals surface area contributed by atoms with E-state index in [1.54, 1.807) is 40.8 Å². The number of ether oxygens (including phenoxy) is 1. The maximum atomic E-state index is 11.8. The van der Waals surface area contributed by atoms with Gasteiger partial charge in [-0.3, -0.25) is 0 Å². The zero-order chi connectivity index (χ0) is 14.4. The van der Waals surface area contributed by atoms with Gasteiger partial charge in [-0.1, -0.05) is 13.0 Å². The van der Waals surface area contributed by atoms with Crippen molar-refractivity contribution >= 4 is 23.4 Å². The minimum absolute atomic E-state index is 0.300. The number of rotatable bonds is 6. The van der Waals surface area contributed by atoms with Gasteiger partial charge in [0.25, 0.3) is 0 Å². The number of carbonyl (C=O) groups excluding carboxylic acids is 1. The van der Waals surface area contributed by atoms with Crippen LogP contribution in [0.1, 0.15) is 17.4 Å². The Balaban J connectivity index is 2.00. The van der Waals surface area contributed by atoms with Crippen molar-refractivity contribution in [3.05, 3.63) is 42.2 Å². The Morgan fingerprint density at radius 1 is 1.45 bits per heavy atom. The number of nitrogens with zero attached hydrogens (tertiary/aromatic N) is 2. The number of anilines is 1. The average molecular weight is 291 g/mol. The fourth-order valence-corrected chi connectivity index (χ4v) is 2.15. The molecule has 1 heterocycles. The molecule has 0 aliphatic heterocycles. The average Bonchev–Trinajstić information content (AvgIpc) is 2.93. The number of thioether (sulfide) groups is 1. The number of benzene rings is 1.